The Balaban J connectivity index is 0.000000147. The van der Waals surface area contributed by atoms with Crippen LogP contribution in [0.1, 0.15) is 31.2 Å². The second-order valence-electron chi connectivity index (χ2n) is 16.3. The van der Waals surface area contributed by atoms with Gasteiger partial charge in [-0.15, -0.1) is 47.3 Å². The molecule has 0 unspecified atom stereocenters. The lowest BCUT2D eigenvalue weighted by molar-refractivity contribution is 0.0902. The molecule has 0 atom stereocenters. The first-order valence-corrected chi connectivity index (χ1v) is 24.9. The number of anilines is 2. The molecule has 0 aliphatic carbocycles. The molecular weight excluding hydrogens is 1060 g/mol. The topological polar surface area (TPSA) is 176 Å². The molecule has 0 bridgehead atoms. The maximum Gasteiger partial charge on any atom is 0.369 e. The van der Waals surface area contributed by atoms with Crippen molar-refractivity contribution < 1.29 is 23.4 Å². The van der Waals surface area contributed by atoms with Crippen LogP contribution in [0, 0.1) is 6.92 Å². The Hall–Kier alpha value is -6.12. The normalized spacial score (nSPS) is 14.4. The van der Waals surface area contributed by atoms with Gasteiger partial charge >= 0.3 is 3.18 Å². The van der Waals surface area contributed by atoms with Crippen molar-refractivity contribution in [1.82, 2.24) is 39.0 Å². The molecule has 68 heavy (non-hydrogen) atoms. The molecule has 12 rings (SSSR count). The molecule has 19 heteroatoms. The van der Waals surface area contributed by atoms with Crippen molar-refractivity contribution in [2.45, 2.75) is 44.7 Å². The summed E-state index contributed by atoms with van der Waals surface area (Å²) in [7, 11) is 0. The number of nitrogens with zero attached hydrogens (tertiary/aromatic N) is 8. The summed E-state index contributed by atoms with van der Waals surface area (Å²) in [4.78, 5) is 28.4. The molecule has 6 aromatic heterocycles. The number of aromatic nitrogens is 8. The fourth-order valence-electron chi connectivity index (χ4n) is 8.45. The molecule has 0 amide bonds. The lowest BCUT2D eigenvalue weighted by atomic mass is 10.1. The number of hydrogen-bond donors (Lipinski definition) is 3. The van der Waals surface area contributed by atoms with Gasteiger partial charge in [-0.2, -0.15) is 9.97 Å². The number of fused-ring (bicyclic) bond motifs is 4. The third-order valence-electron chi connectivity index (χ3n) is 11.7. The highest BCUT2D eigenvalue weighted by Gasteiger charge is 2.21. The van der Waals surface area contributed by atoms with Crippen LogP contribution in [0.5, 0.6) is 5.75 Å². The highest BCUT2D eigenvalue weighted by atomic mass is 79.9. The Kier molecular flexibility index (Phi) is 13.8. The summed E-state index contributed by atoms with van der Waals surface area (Å²) in [6.07, 6.45) is 10.7. The maximum atomic E-state index is 10.2. The average Bonchev–Trinajstić information content (AvgIpc) is 4.17. The van der Waals surface area contributed by atoms with Crippen LogP contribution >= 0.6 is 47.3 Å². The predicted octanol–water partition coefficient (Wildman–Crippen LogP) is 11.8. The van der Waals surface area contributed by atoms with E-state index in [1.165, 1.54) is 5.56 Å². The second-order valence-corrected chi connectivity index (χ2v) is 22.8. The van der Waals surface area contributed by atoms with E-state index in [4.69, 9.17) is 38.2 Å². The summed E-state index contributed by atoms with van der Waals surface area (Å²) in [5.74, 6) is 4.38. The van der Waals surface area contributed by atoms with Crippen LogP contribution in [0.2, 0.25) is 0 Å². The number of halogens is 3. The fourth-order valence-corrected chi connectivity index (χ4v) is 8.45. The molecule has 344 valence electrons. The van der Waals surface area contributed by atoms with Crippen LogP contribution in [-0.4, -0.2) is 85.8 Å². The Morgan fingerprint density at radius 2 is 1.04 bits per heavy atom. The fraction of sp³-hybridized carbons (Fsp3) is 0.224. The minimum absolute atomic E-state index is 0.171. The van der Waals surface area contributed by atoms with E-state index in [-0.39, 0.29) is 15.0 Å². The van der Waals surface area contributed by atoms with E-state index in [1.54, 1.807) is 37.1 Å². The number of furan rings is 2. The predicted molar refractivity (Wildman–Crippen MR) is 278 cm³/mol. The van der Waals surface area contributed by atoms with Crippen LogP contribution in [0.3, 0.4) is 0 Å². The van der Waals surface area contributed by atoms with E-state index in [2.05, 4.69) is 104 Å². The lowest BCUT2D eigenvalue weighted by Crippen LogP contribution is -2.28. The van der Waals surface area contributed by atoms with E-state index in [0.29, 0.717) is 23.8 Å². The number of phenolic OH excluding ortho intramolecular Hbond substituents is 1. The van der Waals surface area contributed by atoms with E-state index in [0.717, 1.165) is 125 Å². The monoisotopic (exact) mass is 1100 g/mol. The quantitative estimate of drug-likeness (QED) is 0.123. The molecule has 2 fully saturated rings. The van der Waals surface area contributed by atoms with Crippen molar-refractivity contribution in [3.8, 4) is 40.2 Å². The average molecular weight is 1100 g/mol. The standard InChI is InChI=1S/C25H23N5O2.C24H21N5O3.BBr3/c1-16-2-4-20-21(14-16)30(24(28-20)18-3-5-22-17(15-18)7-13-32-22)23-6-10-26-25(29-23)27-19-8-11-31-12-9-19;30-18-2-3-19-20(14-18)29(23(27-19)16-1-4-21-15(13-16)6-12-32-21)22-5-9-25-24(28-22)26-17-7-10-31-11-8-17;2-1(3)4/h2-7,10,13-15,19H,8-9,11-12H2,1H3,(H,26,27,29);1-6,9,12-14,17,30H,7-8,10-11H2,(H,25,26,28);. The van der Waals surface area contributed by atoms with E-state index >= 15 is 0 Å². The first kappa shape index (κ1) is 45.7. The molecule has 15 nitrogen and oxygen atoms in total. The molecule has 4 aromatic carbocycles. The third-order valence-corrected chi connectivity index (χ3v) is 11.7. The molecule has 3 N–H and O–H groups in total. The Morgan fingerprint density at radius 1 is 0.574 bits per heavy atom. The van der Waals surface area contributed by atoms with Gasteiger partial charge in [0, 0.05) is 78.9 Å². The van der Waals surface area contributed by atoms with Gasteiger partial charge in [0.2, 0.25) is 11.9 Å². The molecule has 0 spiro atoms. The van der Waals surface area contributed by atoms with Crippen molar-refractivity contribution in [1.29, 1.82) is 0 Å². The first-order chi connectivity index (χ1) is 33.2. The first-order valence-electron chi connectivity index (χ1n) is 22.2. The number of phenols is 1. The zero-order chi connectivity index (χ0) is 46.6. The molecule has 0 radical (unpaired) electrons. The second kappa shape index (κ2) is 20.6. The summed E-state index contributed by atoms with van der Waals surface area (Å²) in [5.41, 5.74) is 8.25. The number of ether oxygens (including phenoxy) is 2. The molecule has 2 saturated heterocycles. The van der Waals surface area contributed by atoms with Gasteiger partial charge in [-0.1, -0.05) is 6.07 Å². The van der Waals surface area contributed by atoms with Crippen molar-refractivity contribution >= 4 is 106 Å². The molecule has 8 heterocycles. The smallest absolute Gasteiger partial charge is 0.369 e. The SMILES string of the molecule is BrB(Br)Br.Cc1ccc2nc(-c3ccc4occc4c3)n(-c3ccnc(NC4CCOCC4)n3)c2c1.Oc1ccc2nc(-c3ccc4occc4c3)n(-c3ccnc(NC4CCOCC4)n3)c2c1. The molecular formula is C49H44BBr3N10O5. The maximum absolute atomic E-state index is 10.2. The van der Waals surface area contributed by atoms with Gasteiger partial charge in [0.05, 0.1) is 34.6 Å². The molecule has 0 saturated carbocycles. The van der Waals surface area contributed by atoms with Gasteiger partial charge in [-0.25, -0.2) is 19.9 Å². The summed E-state index contributed by atoms with van der Waals surface area (Å²) in [5, 5.41) is 19.1. The number of hydrogen-bond acceptors (Lipinski definition) is 13. The Labute approximate surface area is 415 Å². The van der Waals surface area contributed by atoms with Crippen molar-refractivity contribution in [3.63, 3.8) is 0 Å². The highest BCUT2D eigenvalue weighted by Crippen LogP contribution is 2.34. The van der Waals surface area contributed by atoms with Crippen LogP contribution in [0.15, 0.2) is 131 Å². The largest absolute Gasteiger partial charge is 0.508 e. The van der Waals surface area contributed by atoms with Crippen molar-refractivity contribution in [3.05, 3.63) is 128 Å². The third kappa shape index (κ3) is 10.3. The van der Waals surface area contributed by atoms with Gasteiger partial charge in [0.1, 0.15) is 40.2 Å². The minimum atomic E-state index is 0.171. The van der Waals surface area contributed by atoms with Crippen molar-refractivity contribution in [2.75, 3.05) is 37.1 Å². The number of nitrogens with one attached hydrogen (secondary N) is 2. The van der Waals surface area contributed by atoms with E-state index in [9.17, 15) is 5.11 Å². The number of imidazole rings is 2. The van der Waals surface area contributed by atoms with Gasteiger partial charge in [0.15, 0.2) is 0 Å². The van der Waals surface area contributed by atoms with Gasteiger partial charge in [-0.05, 0) is 123 Å². The molecule has 2 aliphatic heterocycles. The van der Waals surface area contributed by atoms with Gasteiger partial charge < -0.3 is 34.0 Å². The van der Waals surface area contributed by atoms with Crippen LogP contribution in [0.25, 0.3) is 78.4 Å². The van der Waals surface area contributed by atoms with Crippen LogP contribution < -0.4 is 10.6 Å². The zero-order valence-electron chi connectivity index (χ0n) is 36.7. The number of aromatic hydroxyl groups is 1. The van der Waals surface area contributed by atoms with Crippen molar-refractivity contribution in [2.24, 2.45) is 0 Å². The summed E-state index contributed by atoms with van der Waals surface area (Å²) < 4.78 is 26.3. The summed E-state index contributed by atoms with van der Waals surface area (Å²) >= 11 is 9.31. The number of aryl methyl sites for hydroxylation is 1. The molecule has 10 aromatic rings. The summed E-state index contributed by atoms with van der Waals surface area (Å²) in [6, 6.07) is 31.8. The number of benzene rings is 4. The zero-order valence-corrected chi connectivity index (χ0v) is 41.5. The Bertz CT molecular complexity index is 3130. The van der Waals surface area contributed by atoms with Crippen LogP contribution in [0.4, 0.5) is 11.9 Å². The van der Waals surface area contributed by atoms with E-state index < -0.39 is 0 Å². The molecule has 2 aliphatic rings. The highest BCUT2D eigenvalue weighted by molar-refractivity contribution is 9.69. The minimum Gasteiger partial charge on any atom is -0.508 e. The van der Waals surface area contributed by atoms with Gasteiger partial charge in [-0.3, -0.25) is 9.13 Å². The summed E-state index contributed by atoms with van der Waals surface area (Å²) in [6.45, 7) is 5.10. The number of rotatable bonds is 8. The lowest BCUT2D eigenvalue weighted by Gasteiger charge is -2.23. The van der Waals surface area contributed by atoms with E-state index in [1.807, 2.05) is 65.2 Å². The van der Waals surface area contributed by atoms with Crippen LogP contribution in [-0.2, 0) is 9.47 Å². The van der Waals surface area contributed by atoms with Gasteiger partial charge in [0.25, 0.3) is 0 Å². The Morgan fingerprint density at radius 3 is 1.54 bits per heavy atom.